The largest absolute Gasteiger partial charge is 0.495 e. The number of hydrogen-bond donors (Lipinski definition) is 1. The van der Waals surface area contributed by atoms with Gasteiger partial charge in [0.25, 0.3) is 0 Å². The minimum atomic E-state index is -3.53. The number of benzene rings is 2. The number of ether oxygens (including phenoxy) is 1. The first-order valence-electron chi connectivity index (χ1n) is 8.20. The van der Waals surface area contributed by atoms with Gasteiger partial charge in [-0.3, -0.25) is 4.90 Å². The van der Waals surface area contributed by atoms with Crippen LogP contribution in [0.2, 0.25) is 0 Å². The summed E-state index contributed by atoms with van der Waals surface area (Å²) in [5, 5.41) is 0. The number of nitrogens with zero attached hydrogens (tertiary/aromatic N) is 2. The van der Waals surface area contributed by atoms with Crippen LogP contribution in [-0.4, -0.2) is 50.9 Å². The topological polar surface area (TPSA) is 75.9 Å². The van der Waals surface area contributed by atoms with Gasteiger partial charge in [0.1, 0.15) is 5.75 Å². The van der Waals surface area contributed by atoms with Crippen molar-refractivity contribution >= 4 is 15.7 Å². The van der Waals surface area contributed by atoms with E-state index in [1.54, 1.807) is 12.1 Å². The number of nitrogen functional groups attached to an aromatic ring is 1. The maximum atomic E-state index is 12.8. The van der Waals surface area contributed by atoms with Crippen LogP contribution in [0.25, 0.3) is 0 Å². The number of methoxy groups -OCH3 is 1. The van der Waals surface area contributed by atoms with E-state index < -0.39 is 10.0 Å². The molecule has 0 saturated carbocycles. The van der Waals surface area contributed by atoms with Crippen molar-refractivity contribution in [3.05, 3.63) is 54.1 Å². The molecule has 6 nitrogen and oxygen atoms in total. The monoisotopic (exact) mass is 361 g/mol. The van der Waals surface area contributed by atoms with E-state index in [9.17, 15) is 8.42 Å². The fourth-order valence-electron chi connectivity index (χ4n) is 2.99. The molecule has 0 aliphatic carbocycles. The van der Waals surface area contributed by atoms with Crippen molar-refractivity contribution in [2.45, 2.75) is 11.4 Å². The number of piperazine rings is 1. The van der Waals surface area contributed by atoms with E-state index in [2.05, 4.69) is 17.0 Å². The molecule has 1 heterocycles. The molecule has 0 spiro atoms. The molecule has 0 unspecified atom stereocenters. The molecule has 1 saturated heterocycles. The lowest BCUT2D eigenvalue weighted by molar-refractivity contribution is 0.181. The lowest BCUT2D eigenvalue weighted by Crippen LogP contribution is -2.48. The maximum Gasteiger partial charge on any atom is 0.243 e. The van der Waals surface area contributed by atoms with Crippen molar-refractivity contribution in [1.82, 2.24) is 9.21 Å². The van der Waals surface area contributed by atoms with Gasteiger partial charge in [0.15, 0.2) is 0 Å². The van der Waals surface area contributed by atoms with Crippen LogP contribution in [0.5, 0.6) is 5.75 Å². The molecule has 7 heteroatoms. The van der Waals surface area contributed by atoms with E-state index in [4.69, 9.17) is 10.5 Å². The standard InChI is InChI=1S/C18H23N3O3S/c1-24-18-8-7-16(13-17(18)19)25(22,23)21-11-9-20(10-12-21)14-15-5-3-2-4-6-15/h2-8,13H,9-12,14,19H2,1H3. The molecule has 0 radical (unpaired) electrons. The number of sulfonamides is 1. The average molecular weight is 361 g/mol. The smallest absolute Gasteiger partial charge is 0.243 e. The summed E-state index contributed by atoms with van der Waals surface area (Å²) in [5.41, 5.74) is 7.41. The normalized spacial score (nSPS) is 16.7. The van der Waals surface area contributed by atoms with Crippen LogP contribution in [0.4, 0.5) is 5.69 Å². The van der Waals surface area contributed by atoms with Crippen molar-refractivity contribution in [3.63, 3.8) is 0 Å². The average Bonchev–Trinajstić information content (AvgIpc) is 2.63. The molecule has 0 bridgehead atoms. The maximum absolute atomic E-state index is 12.8. The number of rotatable bonds is 5. The Labute approximate surface area is 148 Å². The quantitative estimate of drug-likeness (QED) is 0.822. The van der Waals surface area contributed by atoms with Gasteiger partial charge in [0, 0.05) is 32.7 Å². The molecule has 2 aromatic rings. The highest BCUT2D eigenvalue weighted by molar-refractivity contribution is 7.89. The lowest BCUT2D eigenvalue weighted by Gasteiger charge is -2.34. The molecule has 1 aliphatic heterocycles. The van der Waals surface area contributed by atoms with Gasteiger partial charge < -0.3 is 10.5 Å². The van der Waals surface area contributed by atoms with Crippen molar-refractivity contribution < 1.29 is 13.2 Å². The second-order valence-corrected chi connectivity index (χ2v) is 8.01. The zero-order valence-corrected chi connectivity index (χ0v) is 15.1. The van der Waals surface area contributed by atoms with E-state index in [1.807, 2.05) is 18.2 Å². The summed E-state index contributed by atoms with van der Waals surface area (Å²) < 4.78 is 32.2. The van der Waals surface area contributed by atoms with Gasteiger partial charge in [-0.25, -0.2) is 8.42 Å². The van der Waals surface area contributed by atoms with Gasteiger partial charge in [-0.1, -0.05) is 30.3 Å². The van der Waals surface area contributed by atoms with E-state index in [0.717, 1.165) is 6.54 Å². The van der Waals surface area contributed by atoms with Gasteiger partial charge in [0.05, 0.1) is 17.7 Å². The Hall–Kier alpha value is -2.09. The third-order valence-electron chi connectivity index (χ3n) is 4.42. The second-order valence-electron chi connectivity index (χ2n) is 6.07. The first kappa shape index (κ1) is 17.7. The Morgan fingerprint density at radius 2 is 1.72 bits per heavy atom. The third-order valence-corrected chi connectivity index (χ3v) is 6.31. The molecule has 0 atom stereocenters. The van der Waals surface area contributed by atoms with E-state index in [0.29, 0.717) is 37.6 Å². The highest BCUT2D eigenvalue weighted by Crippen LogP contribution is 2.26. The van der Waals surface area contributed by atoms with Crippen LogP contribution in [0, 0.1) is 0 Å². The van der Waals surface area contributed by atoms with Gasteiger partial charge in [-0.15, -0.1) is 0 Å². The van der Waals surface area contributed by atoms with Gasteiger partial charge >= 0.3 is 0 Å². The van der Waals surface area contributed by atoms with E-state index >= 15 is 0 Å². The molecular formula is C18H23N3O3S. The van der Waals surface area contributed by atoms with Crippen molar-refractivity contribution in [2.24, 2.45) is 0 Å². The summed E-state index contributed by atoms with van der Waals surface area (Å²) in [4.78, 5) is 2.48. The van der Waals surface area contributed by atoms with Crippen molar-refractivity contribution in [1.29, 1.82) is 0 Å². The summed E-state index contributed by atoms with van der Waals surface area (Å²) >= 11 is 0. The molecule has 134 valence electrons. The minimum absolute atomic E-state index is 0.210. The van der Waals surface area contributed by atoms with Crippen LogP contribution >= 0.6 is 0 Å². The Kier molecular flexibility index (Phi) is 5.27. The van der Waals surface area contributed by atoms with Crippen LogP contribution < -0.4 is 10.5 Å². The molecule has 0 amide bonds. The fraction of sp³-hybridized carbons (Fsp3) is 0.333. The van der Waals surface area contributed by atoms with Gasteiger partial charge in [-0.05, 0) is 23.8 Å². The highest BCUT2D eigenvalue weighted by atomic mass is 32.2. The summed E-state index contributed by atoms with van der Waals surface area (Å²) in [7, 11) is -2.03. The molecule has 1 aliphatic rings. The van der Waals surface area contributed by atoms with E-state index in [-0.39, 0.29) is 4.90 Å². The van der Waals surface area contributed by atoms with Gasteiger partial charge in [-0.2, -0.15) is 4.31 Å². The highest BCUT2D eigenvalue weighted by Gasteiger charge is 2.28. The lowest BCUT2D eigenvalue weighted by atomic mass is 10.2. The SMILES string of the molecule is COc1ccc(S(=O)(=O)N2CCN(Cc3ccccc3)CC2)cc1N. The molecule has 0 aromatic heterocycles. The summed E-state index contributed by atoms with van der Waals surface area (Å²) in [5.74, 6) is 0.478. The van der Waals surface area contributed by atoms with Crippen LogP contribution in [-0.2, 0) is 16.6 Å². The molecule has 2 N–H and O–H groups in total. The van der Waals surface area contributed by atoms with Crippen LogP contribution in [0.1, 0.15) is 5.56 Å². The third kappa shape index (κ3) is 3.95. The van der Waals surface area contributed by atoms with Crippen molar-refractivity contribution in [3.8, 4) is 5.75 Å². The predicted molar refractivity (Wildman–Crippen MR) is 97.9 cm³/mol. The van der Waals surface area contributed by atoms with Gasteiger partial charge in [0.2, 0.25) is 10.0 Å². The summed E-state index contributed by atoms with van der Waals surface area (Å²) in [6.45, 7) is 3.20. The minimum Gasteiger partial charge on any atom is -0.495 e. The fourth-order valence-corrected chi connectivity index (χ4v) is 4.45. The second kappa shape index (κ2) is 7.43. The first-order chi connectivity index (χ1) is 12.0. The summed E-state index contributed by atoms with van der Waals surface area (Å²) in [6.07, 6.45) is 0. The Morgan fingerprint density at radius 1 is 1.04 bits per heavy atom. The molecule has 3 rings (SSSR count). The Balaban J connectivity index is 1.66. The first-order valence-corrected chi connectivity index (χ1v) is 9.64. The van der Waals surface area contributed by atoms with Crippen LogP contribution in [0.3, 0.4) is 0 Å². The molecule has 1 fully saturated rings. The van der Waals surface area contributed by atoms with E-state index in [1.165, 1.54) is 23.0 Å². The number of anilines is 1. The molecular weight excluding hydrogens is 338 g/mol. The Morgan fingerprint density at radius 3 is 2.32 bits per heavy atom. The summed E-state index contributed by atoms with van der Waals surface area (Å²) in [6, 6.07) is 14.8. The van der Waals surface area contributed by atoms with Crippen molar-refractivity contribution in [2.75, 3.05) is 39.0 Å². The zero-order chi connectivity index (χ0) is 17.9. The molecule has 25 heavy (non-hydrogen) atoms. The molecule has 2 aromatic carbocycles. The zero-order valence-electron chi connectivity index (χ0n) is 14.3. The predicted octanol–water partition coefficient (Wildman–Crippen LogP) is 1.78. The Bertz CT molecular complexity index is 817. The van der Waals surface area contributed by atoms with Crippen LogP contribution in [0.15, 0.2) is 53.4 Å². The number of nitrogens with two attached hydrogens (primary N) is 1. The number of hydrogen-bond acceptors (Lipinski definition) is 5.